The zero-order chi connectivity index (χ0) is 16.5. The smallest absolute Gasteiger partial charge is 0.302 e. The lowest BCUT2D eigenvalue weighted by molar-refractivity contribution is -0.147. The van der Waals surface area contributed by atoms with Gasteiger partial charge in [0, 0.05) is 6.92 Å². The van der Waals surface area contributed by atoms with E-state index in [-0.39, 0.29) is 12.1 Å². The molecule has 0 saturated heterocycles. The molecule has 0 heterocycles. The molecule has 0 spiro atoms. The first-order chi connectivity index (χ1) is 10.7. The van der Waals surface area contributed by atoms with Crippen LogP contribution in [0.1, 0.15) is 90.9 Å². The van der Waals surface area contributed by atoms with E-state index in [9.17, 15) is 4.79 Å². The number of rotatable bonds is 15. The normalized spacial score (nSPS) is 12.5. The van der Waals surface area contributed by atoms with Crippen LogP contribution < -0.4 is 0 Å². The van der Waals surface area contributed by atoms with Gasteiger partial charge in [-0.3, -0.25) is 4.79 Å². The van der Waals surface area contributed by atoms with Gasteiger partial charge in [0.05, 0.1) is 0 Å². The lowest BCUT2D eigenvalue weighted by Crippen LogP contribution is -2.16. The molecule has 1 unspecified atom stereocenters. The Morgan fingerprint density at radius 1 is 1.00 bits per heavy atom. The molecule has 0 bridgehead atoms. The SMILES string of the molecule is C=C/C=C/CCCCC(CCCCCCCCC)OC(C)=O. The van der Waals surface area contributed by atoms with Gasteiger partial charge in [-0.15, -0.1) is 0 Å². The standard InChI is InChI=1S/C20H36O2/c1-4-6-8-10-12-14-16-18-20(22-19(3)21)17-15-13-11-9-7-5-2/h5,7,9,20H,2,4,6,8,10-18H2,1,3H3/b9-7+. The zero-order valence-corrected chi connectivity index (χ0v) is 14.8. The van der Waals surface area contributed by atoms with Crippen molar-refractivity contribution in [3.05, 3.63) is 24.8 Å². The molecule has 0 amide bonds. The van der Waals surface area contributed by atoms with Crippen LogP contribution in [0, 0.1) is 0 Å². The van der Waals surface area contributed by atoms with Gasteiger partial charge in [0.15, 0.2) is 0 Å². The van der Waals surface area contributed by atoms with Gasteiger partial charge < -0.3 is 4.74 Å². The van der Waals surface area contributed by atoms with Gasteiger partial charge in [0.2, 0.25) is 0 Å². The second-order valence-corrected chi connectivity index (χ2v) is 6.09. The second kappa shape index (κ2) is 16.3. The van der Waals surface area contributed by atoms with E-state index in [2.05, 4.69) is 19.6 Å². The minimum absolute atomic E-state index is 0.122. The van der Waals surface area contributed by atoms with E-state index in [0.29, 0.717) is 0 Å². The molecule has 2 nitrogen and oxygen atoms in total. The largest absolute Gasteiger partial charge is 0.463 e. The van der Waals surface area contributed by atoms with Gasteiger partial charge in [0.25, 0.3) is 0 Å². The van der Waals surface area contributed by atoms with Crippen molar-refractivity contribution in [2.75, 3.05) is 0 Å². The first kappa shape index (κ1) is 20.9. The fourth-order valence-electron chi connectivity index (χ4n) is 2.65. The van der Waals surface area contributed by atoms with Crippen molar-refractivity contribution < 1.29 is 9.53 Å². The summed E-state index contributed by atoms with van der Waals surface area (Å²) in [5.41, 5.74) is 0. The number of hydrogen-bond donors (Lipinski definition) is 0. The lowest BCUT2D eigenvalue weighted by atomic mass is 10.0. The third kappa shape index (κ3) is 15.3. The number of ether oxygens (including phenoxy) is 1. The summed E-state index contributed by atoms with van der Waals surface area (Å²) < 4.78 is 5.45. The molecule has 0 aromatic heterocycles. The molecule has 22 heavy (non-hydrogen) atoms. The van der Waals surface area contributed by atoms with Crippen LogP contribution in [-0.2, 0) is 9.53 Å². The summed E-state index contributed by atoms with van der Waals surface area (Å²) in [6.45, 7) is 7.43. The molecule has 1 atom stereocenters. The minimum Gasteiger partial charge on any atom is -0.463 e. The van der Waals surface area contributed by atoms with E-state index in [1.165, 1.54) is 51.9 Å². The van der Waals surface area contributed by atoms with Gasteiger partial charge in [-0.05, 0) is 38.5 Å². The zero-order valence-electron chi connectivity index (χ0n) is 14.8. The molecule has 2 heteroatoms. The molecule has 0 fully saturated rings. The van der Waals surface area contributed by atoms with E-state index in [4.69, 9.17) is 4.74 Å². The monoisotopic (exact) mass is 308 g/mol. The Bertz CT molecular complexity index is 294. The summed E-state index contributed by atoms with van der Waals surface area (Å²) in [6, 6.07) is 0. The maximum atomic E-state index is 11.2. The molecule has 0 aliphatic carbocycles. The average Bonchev–Trinajstić information content (AvgIpc) is 2.49. The van der Waals surface area contributed by atoms with Gasteiger partial charge in [0.1, 0.15) is 6.10 Å². The number of esters is 1. The van der Waals surface area contributed by atoms with Crippen LogP contribution in [0.25, 0.3) is 0 Å². The molecule has 0 aromatic rings. The van der Waals surface area contributed by atoms with Crippen LogP contribution in [-0.4, -0.2) is 12.1 Å². The topological polar surface area (TPSA) is 26.3 Å². The fourth-order valence-corrected chi connectivity index (χ4v) is 2.65. The molecule has 0 radical (unpaired) electrons. The third-order valence-electron chi connectivity index (χ3n) is 3.88. The highest BCUT2D eigenvalue weighted by atomic mass is 16.5. The van der Waals surface area contributed by atoms with Crippen molar-refractivity contribution in [1.82, 2.24) is 0 Å². The summed E-state index contributed by atoms with van der Waals surface area (Å²) in [5, 5.41) is 0. The Labute approximate surface area is 138 Å². The van der Waals surface area contributed by atoms with E-state index in [1.807, 2.05) is 12.2 Å². The summed E-state index contributed by atoms with van der Waals surface area (Å²) in [6.07, 6.45) is 20.6. The van der Waals surface area contributed by atoms with E-state index < -0.39 is 0 Å². The number of unbranched alkanes of at least 4 members (excludes halogenated alkanes) is 8. The van der Waals surface area contributed by atoms with Crippen molar-refractivity contribution in [3.63, 3.8) is 0 Å². The van der Waals surface area contributed by atoms with Crippen LogP contribution in [0.5, 0.6) is 0 Å². The molecule has 0 aliphatic rings. The Kier molecular flexibility index (Phi) is 15.5. The minimum atomic E-state index is -0.139. The number of allylic oxidation sites excluding steroid dienone is 3. The molecular formula is C20H36O2. The number of carbonyl (C=O) groups excluding carboxylic acids is 1. The van der Waals surface area contributed by atoms with Crippen molar-refractivity contribution in [2.45, 2.75) is 97.0 Å². The van der Waals surface area contributed by atoms with Crippen LogP contribution >= 0.6 is 0 Å². The molecule has 0 saturated carbocycles. The Balaban J connectivity index is 3.71. The Hall–Kier alpha value is -1.05. The quantitative estimate of drug-likeness (QED) is 0.200. The third-order valence-corrected chi connectivity index (χ3v) is 3.88. The van der Waals surface area contributed by atoms with Gasteiger partial charge >= 0.3 is 5.97 Å². The summed E-state index contributed by atoms with van der Waals surface area (Å²) >= 11 is 0. The van der Waals surface area contributed by atoms with Crippen molar-refractivity contribution in [1.29, 1.82) is 0 Å². The average molecular weight is 309 g/mol. The Morgan fingerprint density at radius 3 is 2.18 bits per heavy atom. The van der Waals surface area contributed by atoms with Crippen LogP contribution in [0.15, 0.2) is 24.8 Å². The maximum absolute atomic E-state index is 11.2. The van der Waals surface area contributed by atoms with Crippen molar-refractivity contribution in [3.8, 4) is 0 Å². The van der Waals surface area contributed by atoms with Gasteiger partial charge in [-0.25, -0.2) is 0 Å². The first-order valence-electron chi connectivity index (χ1n) is 9.15. The summed E-state index contributed by atoms with van der Waals surface area (Å²) in [7, 11) is 0. The molecular weight excluding hydrogens is 272 g/mol. The van der Waals surface area contributed by atoms with Gasteiger partial charge in [-0.1, -0.05) is 70.3 Å². The second-order valence-electron chi connectivity index (χ2n) is 6.09. The Morgan fingerprint density at radius 2 is 1.59 bits per heavy atom. The lowest BCUT2D eigenvalue weighted by Gasteiger charge is -2.16. The number of hydrogen-bond acceptors (Lipinski definition) is 2. The van der Waals surface area contributed by atoms with Crippen molar-refractivity contribution in [2.24, 2.45) is 0 Å². The van der Waals surface area contributed by atoms with Crippen LogP contribution in [0.3, 0.4) is 0 Å². The number of carbonyl (C=O) groups is 1. The van der Waals surface area contributed by atoms with E-state index in [0.717, 1.165) is 32.1 Å². The summed E-state index contributed by atoms with van der Waals surface area (Å²) in [5.74, 6) is -0.139. The fraction of sp³-hybridized carbons (Fsp3) is 0.750. The summed E-state index contributed by atoms with van der Waals surface area (Å²) in [4.78, 5) is 11.2. The highest BCUT2D eigenvalue weighted by molar-refractivity contribution is 5.66. The predicted molar refractivity (Wildman–Crippen MR) is 96.0 cm³/mol. The maximum Gasteiger partial charge on any atom is 0.302 e. The highest BCUT2D eigenvalue weighted by Gasteiger charge is 2.11. The predicted octanol–water partition coefficient (Wildman–Crippen LogP) is 6.36. The van der Waals surface area contributed by atoms with E-state index >= 15 is 0 Å². The molecule has 0 N–H and O–H groups in total. The highest BCUT2D eigenvalue weighted by Crippen LogP contribution is 2.16. The first-order valence-corrected chi connectivity index (χ1v) is 9.15. The van der Waals surface area contributed by atoms with Gasteiger partial charge in [-0.2, -0.15) is 0 Å². The van der Waals surface area contributed by atoms with Crippen molar-refractivity contribution >= 4 is 5.97 Å². The molecule has 128 valence electrons. The van der Waals surface area contributed by atoms with Crippen LogP contribution in [0.2, 0.25) is 0 Å². The molecule has 0 aliphatic heterocycles. The van der Waals surface area contributed by atoms with Crippen LogP contribution in [0.4, 0.5) is 0 Å². The molecule has 0 rings (SSSR count). The van der Waals surface area contributed by atoms with E-state index in [1.54, 1.807) is 0 Å². The molecule has 0 aromatic carbocycles.